The maximum Gasteiger partial charge on any atom is 0.326 e. The molecule has 30 heavy (non-hydrogen) atoms. The number of rotatable bonds is 11. The maximum atomic E-state index is 12.7. The Kier molecular flexibility index (Phi) is 10.0. The minimum atomic E-state index is -1.12. The first-order valence-corrected chi connectivity index (χ1v) is 10.2. The minimum Gasteiger partial charge on any atom is -0.480 e. The number of hydrogen-bond donors (Lipinski definition) is 4. The van der Waals surface area contributed by atoms with E-state index in [0.29, 0.717) is 12.0 Å². The van der Waals surface area contributed by atoms with Gasteiger partial charge in [-0.2, -0.15) is 0 Å². The van der Waals surface area contributed by atoms with Gasteiger partial charge in [0.15, 0.2) is 0 Å². The number of amides is 3. The van der Waals surface area contributed by atoms with Gasteiger partial charge in [-0.15, -0.1) is 0 Å². The molecule has 3 atom stereocenters. The molecular weight excluding hydrogens is 386 g/mol. The van der Waals surface area contributed by atoms with Gasteiger partial charge in [0.1, 0.15) is 18.1 Å². The Balaban J connectivity index is 2.79. The van der Waals surface area contributed by atoms with E-state index in [-0.39, 0.29) is 18.3 Å². The summed E-state index contributed by atoms with van der Waals surface area (Å²) in [6.45, 7) is 9.06. The fourth-order valence-corrected chi connectivity index (χ4v) is 2.90. The first kappa shape index (κ1) is 25.1. The van der Waals surface area contributed by atoms with Crippen molar-refractivity contribution < 1.29 is 24.3 Å². The summed E-state index contributed by atoms with van der Waals surface area (Å²) in [5.41, 5.74) is 0.423. The van der Waals surface area contributed by atoms with Crippen molar-refractivity contribution in [2.75, 3.05) is 0 Å². The Labute approximate surface area is 177 Å². The molecule has 0 aliphatic carbocycles. The third-order valence-corrected chi connectivity index (χ3v) is 4.44. The molecule has 0 saturated heterocycles. The van der Waals surface area contributed by atoms with Crippen LogP contribution in [0.25, 0.3) is 0 Å². The van der Waals surface area contributed by atoms with Crippen molar-refractivity contribution >= 4 is 23.7 Å². The van der Waals surface area contributed by atoms with Crippen molar-refractivity contribution in [3.05, 3.63) is 35.9 Å². The number of benzene rings is 1. The van der Waals surface area contributed by atoms with Gasteiger partial charge in [-0.3, -0.25) is 14.4 Å². The van der Waals surface area contributed by atoms with Crippen LogP contribution in [0.15, 0.2) is 30.3 Å². The summed E-state index contributed by atoms with van der Waals surface area (Å²) in [4.78, 5) is 49.0. The molecular formula is C22H33N3O5. The van der Waals surface area contributed by atoms with Gasteiger partial charge in [0.05, 0.1) is 0 Å². The Morgan fingerprint density at radius 3 is 1.77 bits per heavy atom. The monoisotopic (exact) mass is 419 g/mol. The summed E-state index contributed by atoms with van der Waals surface area (Å²) in [7, 11) is 0. The van der Waals surface area contributed by atoms with E-state index < -0.39 is 41.8 Å². The summed E-state index contributed by atoms with van der Waals surface area (Å²) in [5, 5.41) is 17.1. The number of nitrogens with one attached hydrogen (secondary N) is 3. The molecule has 8 nitrogen and oxygen atoms in total. The Morgan fingerprint density at radius 2 is 1.27 bits per heavy atom. The zero-order valence-electron chi connectivity index (χ0n) is 18.3. The lowest BCUT2D eigenvalue weighted by Crippen LogP contribution is -2.55. The van der Waals surface area contributed by atoms with Crippen LogP contribution >= 0.6 is 0 Å². The Hall–Kier alpha value is -2.90. The topological polar surface area (TPSA) is 125 Å². The average molecular weight is 420 g/mol. The fraction of sp³-hybridized carbons (Fsp3) is 0.545. The molecule has 0 radical (unpaired) electrons. The van der Waals surface area contributed by atoms with Crippen molar-refractivity contribution in [2.45, 2.75) is 65.6 Å². The van der Waals surface area contributed by atoms with E-state index in [1.807, 2.05) is 27.7 Å². The molecule has 0 aromatic heterocycles. The average Bonchev–Trinajstić information content (AvgIpc) is 2.66. The zero-order chi connectivity index (χ0) is 22.8. The Bertz CT molecular complexity index is 734. The van der Waals surface area contributed by atoms with Gasteiger partial charge in [0.2, 0.25) is 11.8 Å². The zero-order valence-corrected chi connectivity index (χ0v) is 18.3. The maximum absolute atomic E-state index is 12.7. The predicted octanol–water partition coefficient (Wildman–Crippen LogP) is 1.95. The van der Waals surface area contributed by atoms with Crippen LogP contribution in [0.1, 0.15) is 57.8 Å². The number of carboxylic acids is 1. The van der Waals surface area contributed by atoms with Gasteiger partial charge in [-0.1, -0.05) is 45.9 Å². The molecule has 0 saturated carbocycles. The van der Waals surface area contributed by atoms with E-state index in [1.165, 1.54) is 6.92 Å². The highest BCUT2D eigenvalue weighted by molar-refractivity contribution is 5.98. The smallest absolute Gasteiger partial charge is 0.326 e. The first-order chi connectivity index (χ1) is 14.0. The van der Waals surface area contributed by atoms with Crippen LogP contribution in [0.3, 0.4) is 0 Å². The van der Waals surface area contributed by atoms with Crippen LogP contribution < -0.4 is 16.0 Å². The molecule has 1 aromatic carbocycles. The van der Waals surface area contributed by atoms with Crippen molar-refractivity contribution in [3.8, 4) is 0 Å². The molecule has 0 fully saturated rings. The highest BCUT2D eigenvalue weighted by Crippen LogP contribution is 2.09. The van der Waals surface area contributed by atoms with Crippen molar-refractivity contribution in [2.24, 2.45) is 11.8 Å². The van der Waals surface area contributed by atoms with Crippen molar-refractivity contribution in [3.63, 3.8) is 0 Å². The second kappa shape index (κ2) is 11.9. The van der Waals surface area contributed by atoms with E-state index >= 15 is 0 Å². The standard InChI is InChI=1S/C22H33N3O5/c1-13(2)11-17(21(28)25-18(22(29)30)12-14(3)4)24-19(26)15(5)23-20(27)16-9-7-6-8-10-16/h6-10,13-15,17-18H,11-12H2,1-5H3,(H,23,27)(H,24,26)(H,25,28)(H,29,30)/t15-,17-,18-/m0/s1. The molecule has 4 N–H and O–H groups in total. The predicted molar refractivity (Wildman–Crippen MR) is 114 cm³/mol. The van der Waals surface area contributed by atoms with E-state index in [4.69, 9.17) is 0 Å². The van der Waals surface area contributed by atoms with Crippen molar-refractivity contribution in [1.29, 1.82) is 0 Å². The molecule has 1 aromatic rings. The third kappa shape index (κ3) is 8.63. The Morgan fingerprint density at radius 1 is 0.767 bits per heavy atom. The molecule has 0 aliphatic rings. The highest BCUT2D eigenvalue weighted by atomic mass is 16.4. The summed E-state index contributed by atoms with van der Waals surface area (Å²) >= 11 is 0. The molecule has 3 amide bonds. The molecule has 0 aliphatic heterocycles. The number of carbonyl (C=O) groups excluding carboxylic acids is 3. The summed E-state index contributed by atoms with van der Waals surface area (Å²) in [5.74, 6) is -2.41. The lowest BCUT2D eigenvalue weighted by Gasteiger charge is -2.25. The fourth-order valence-electron chi connectivity index (χ4n) is 2.90. The van der Waals surface area contributed by atoms with Crippen LogP contribution in [0.2, 0.25) is 0 Å². The highest BCUT2D eigenvalue weighted by Gasteiger charge is 2.29. The van der Waals surface area contributed by atoms with Gasteiger partial charge in [-0.25, -0.2) is 4.79 Å². The normalized spacial score (nSPS) is 14.0. The molecule has 0 unspecified atom stereocenters. The lowest BCUT2D eigenvalue weighted by molar-refractivity contribution is -0.142. The molecule has 166 valence electrons. The largest absolute Gasteiger partial charge is 0.480 e. The van der Waals surface area contributed by atoms with Crippen LogP contribution in [0.4, 0.5) is 0 Å². The van der Waals surface area contributed by atoms with Crippen LogP contribution in [-0.4, -0.2) is 46.9 Å². The second-order valence-corrected chi connectivity index (χ2v) is 8.28. The van der Waals surface area contributed by atoms with E-state index in [1.54, 1.807) is 30.3 Å². The summed E-state index contributed by atoms with van der Waals surface area (Å²) in [6.07, 6.45) is 0.623. The number of hydrogen-bond acceptors (Lipinski definition) is 4. The number of carboxylic acid groups (broad SMARTS) is 1. The van der Waals surface area contributed by atoms with E-state index in [0.717, 1.165) is 0 Å². The second-order valence-electron chi connectivity index (χ2n) is 8.28. The molecule has 0 bridgehead atoms. The van der Waals surface area contributed by atoms with Crippen LogP contribution in [-0.2, 0) is 14.4 Å². The van der Waals surface area contributed by atoms with Gasteiger partial charge in [0, 0.05) is 5.56 Å². The van der Waals surface area contributed by atoms with E-state index in [2.05, 4.69) is 16.0 Å². The first-order valence-electron chi connectivity index (χ1n) is 10.2. The van der Waals surface area contributed by atoms with Gasteiger partial charge in [0.25, 0.3) is 5.91 Å². The van der Waals surface area contributed by atoms with Gasteiger partial charge < -0.3 is 21.1 Å². The molecule has 0 spiro atoms. The van der Waals surface area contributed by atoms with Crippen LogP contribution in [0.5, 0.6) is 0 Å². The van der Waals surface area contributed by atoms with Crippen LogP contribution in [0, 0.1) is 11.8 Å². The molecule has 1 rings (SSSR count). The number of carbonyl (C=O) groups is 4. The van der Waals surface area contributed by atoms with Crippen molar-refractivity contribution in [1.82, 2.24) is 16.0 Å². The summed E-state index contributed by atoms with van der Waals surface area (Å²) < 4.78 is 0. The quantitative estimate of drug-likeness (QED) is 0.436. The van der Waals surface area contributed by atoms with E-state index in [9.17, 15) is 24.3 Å². The number of aliphatic carboxylic acids is 1. The molecule has 0 heterocycles. The third-order valence-electron chi connectivity index (χ3n) is 4.44. The van der Waals surface area contributed by atoms with Gasteiger partial charge >= 0.3 is 5.97 Å². The minimum absolute atomic E-state index is 0.0813. The lowest BCUT2D eigenvalue weighted by atomic mass is 10.0. The summed E-state index contributed by atoms with van der Waals surface area (Å²) in [6, 6.07) is 5.70. The SMILES string of the molecule is CC(C)C[C@H](NC(=O)[C@H](CC(C)C)NC(=O)[C@H](C)NC(=O)c1ccccc1)C(=O)O. The van der Waals surface area contributed by atoms with Gasteiger partial charge in [-0.05, 0) is 43.7 Å². The molecule has 8 heteroatoms.